The summed E-state index contributed by atoms with van der Waals surface area (Å²) < 4.78 is 39.8. The van der Waals surface area contributed by atoms with Crippen LogP contribution in [0.1, 0.15) is 11.4 Å². The third-order valence-electron chi connectivity index (χ3n) is 3.96. The number of anilines is 2. The van der Waals surface area contributed by atoms with E-state index in [-0.39, 0.29) is 0 Å². The third kappa shape index (κ3) is 3.31. The average Bonchev–Trinajstić information content (AvgIpc) is 2.97. The SMILES string of the molecule is Cc1nc2ccccc2n1-c1nncc(Nc2ccc(C(F)(F)F)cc2)n1. The molecule has 0 atom stereocenters. The number of aryl methyl sites for hydroxylation is 1. The van der Waals surface area contributed by atoms with Crippen LogP contribution in [0.25, 0.3) is 17.0 Å². The number of nitrogens with one attached hydrogen (secondary N) is 1. The maximum atomic E-state index is 12.7. The minimum Gasteiger partial charge on any atom is -0.339 e. The van der Waals surface area contributed by atoms with E-state index in [2.05, 4.69) is 25.5 Å². The van der Waals surface area contributed by atoms with E-state index in [4.69, 9.17) is 0 Å². The molecule has 0 bridgehead atoms. The highest BCUT2D eigenvalue weighted by atomic mass is 19.4. The van der Waals surface area contributed by atoms with Gasteiger partial charge in [0.05, 0.1) is 22.8 Å². The molecule has 0 radical (unpaired) electrons. The van der Waals surface area contributed by atoms with E-state index in [0.29, 0.717) is 23.3 Å². The fraction of sp³-hybridized carbons (Fsp3) is 0.111. The molecule has 136 valence electrons. The Morgan fingerprint density at radius 2 is 1.70 bits per heavy atom. The van der Waals surface area contributed by atoms with Crippen molar-refractivity contribution >= 4 is 22.5 Å². The summed E-state index contributed by atoms with van der Waals surface area (Å²) in [6.45, 7) is 1.83. The fourth-order valence-corrected chi connectivity index (χ4v) is 2.74. The van der Waals surface area contributed by atoms with E-state index in [0.717, 1.165) is 23.2 Å². The van der Waals surface area contributed by atoms with Crippen molar-refractivity contribution in [3.05, 3.63) is 66.1 Å². The predicted molar refractivity (Wildman–Crippen MR) is 93.9 cm³/mol. The molecular formula is C18H13F3N6. The van der Waals surface area contributed by atoms with Gasteiger partial charge in [0.25, 0.3) is 5.95 Å². The molecule has 9 heteroatoms. The molecule has 0 spiro atoms. The summed E-state index contributed by atoms with van der Waals surface area (Å²) in [5.41, 5.74) is 1.39. The molecule has 0 saturated heterocycles. The van der Waals surface area contributed by atoms with Crippen molar-refractivity contribution in [1.29, 1.82) is 0 Å². The summed E-state index contributed by atoms with van der Waals surface area (Å²) in [6, 6.07) is 12.2. The van der Waals surface area contributed by atoms with Gasteiger partial charge < -0.3 is 5.32 Å². The Morgan fingerprint density at radius 1 is 0.963 bits per heavy atom. The minimum absolute atomic E-state index is 0.318. The number of hydrogen-bond acceptors (Lipinski definition) is 5. The van der Waals surface area contributed by atoms with Crippen LogP contribution < -0.4 is 5.32 Å². The molecule has 1 N–H and O–H groups in total. The van der Waals surface area contributed by atoms with Crippen molar-refractivity contribution in [2.75, 3.05) is 5.32 Å². The van der Waals surface area contributed by atoms with Gasteiger partial charge in [-0.3, -0.25) is 4.57 Å². The number of imidazole rings is 1. The van der Waals surface area contributed by atoms with Crippen molar-refractivity contribution < 1.29 is 13.2 Å². The van der Waals surface area contributed by atoms with Gasteiger partial charge in [-0.1, -0.05) is 12.1 Å². The normalized spacial score (nSPS) is 11.7. The second kappa shape index (κ2) is 6.35. The zero-order valence-corrected chi connectivity index (χ0v) is 14.1. The number of halogens is 3. The summed E-state index contributed by atoms with van der Waals surface area (Å²) in [5.74, 6) is 1.37. The molecule has 4 aromatic rings. The highest BCUT2D eigenvalue weighted by Crippen LogP contribution is 2.30. The topological polar surface area (TPSA) is 68.5 Å². The zero-order chi connectivity index (χ0) is 19.0. The summed E-state index contributed by atoms with van der Waals surface area (Å²) in [4.78, 5) is 8.87. The molecule has 4 rings (SSSR count). The van der Waals surface area contributed by atoms with Crippen molar-refractivity contribution in [2.24, 2.45) is 0 Å². The summed E-state index contributed by atoms with van der Waals surface area (Å²) in [7, 11) is 0. The van der Waals surface area contributed by atoms with Crippen LogP contribution in [0, 0.1) is 6.92 Å². The molecule has 0 aliphatic carbocycles. The van der Waals surface area contributed by atoms with Crippen molar-refractivity contribution in [3.8, 4) is 5.95 Å². The van der Waals surface area contributed by atoms with Crippen molar-refractivity contribution in [2.45, 2.75) is 13.1 Å². The first-order valence-corrected chi connectivity index (χ1v) is 8.00. The monoisotopic (exact) mass is 370 g/mol. The van der Waals surface area contributed by atoms with Crippen LogP contribution in [0.5, 0.6) is 0 Å². The minimum atomic E-state index is -4.37. The highest BCUT2D eigenvalue weighted by Gasteiger charge is 2.29. The van der Waals surface area contributed by atoms with Crippen LogP contribution in [0.2, 0.25) is 0 Å². The lowest BCUT2D eigenvalue weighted by molar-refractivity contribution is -0.137. The van der Waals surface area contributed by atoms with Crippen molar-refractivity contribution in [1.82, 2.24) is 24.7 Å². The number of benzene rings is 2. The smallest absolute Gasteiger partial charge is 0.339 e. The highest BCUT2D eigenvalue weighted by molar-refractivity contribution is 5.77. The molecule has 0 aliphatic heterocycles. The molecule has 0 aliphatic rings. The number of fused-ring (bicyclic) bond motifs is 1. The van der Waals surface area contributed by atoms with Crippen molar-refractivity contribution in [3.63, 3.8) is 0 Å². The Morgan fingerprint density at radius 3 is 2.44 bits per heavy atom. The summed E-state index contributed by atoms with van der Waals surface area (Å²) >= 11 is 0. The number of hydrogen-bond donors (Lipinski definition) is 1. The Kier molecular flexibility index (Phi) is 3.98. The number of aromatic nitrogens is 5. The van der Waals surface area contributed by atoms with Gasteiger partial charge in [-0.2, -0.15) is 23.3 Å². The first-order valence-electron chi connectivity index (χ1n) is 8.00. The molecular weight excluding hydrogens is 357 g/mol. The summed E-state index contributed by atoms with van der Waals surface area (Å²) in [5, 5.41) is 10.9. The van der Waals surface area contributed by atoms with Gasteiger partial charge in [0.15, 0.2) is 5.82 Å². The molecule has 2 aromatic carbocycles. The molecule has 0 saturated carbocycles. The van der Waals surface area contributed by atoms with Gasteiger partial charge in [0.2, 0.25) is 0 Å². The van der Waals surface area contributed by atoms with Crippen LogP contribution in [0.3, 0.4) is 0 Å². The standard InChI is InChI=1S/C18H13F3N6/c1-11-23-14-4-2-3-5-15(14)27(11)17-25-16(10-22-26-17)24-13-8-6-12(7-9-13)18(19,20)21/h2-10H,1H3,(H,24,25,26). The number of rotatable bonds is 3. The Labute approximate surface area is 151 Å². The Bertz CT molecular complexity index is 1100. The Hall–Kier alpha value is -3.49. The van der Waals surface area contributed by atoms with Gasteiger partial charge in [-0.05, 0) is 43.3 Å². The van der Waals surface area contributed by atoms with Gasteiger partial charge in [0, 0.05) is 5.69 Å². The maximum Gasteiger partial charge on any atom is 0.416 e. The lowest BCUT2D eigenvalue weighted by atomic mass is 10.2. The summed E-state index contributed by atoms with van der Waals surface area (Å²) in [6.07, 6.45) is -2.97. The van der Waals surface area contributed by atoms with Gasteiger partial charge in [-0.25, -0.2) is 4.98 Å². The van der Waals surface area contributed by atoms with E-state index < -0.39 is 11.7 Å². The molecule has 6 nitrogen and oxygen atoms in total. The van der Waals surface area contributed by atoms with Crippen LogP contribution in [0.4, 0.5) is 24.7 Å². The van der Waals surface area contributed by atoms with E-state index in [9.17, 15) is 13.2 Å². The van der Waals surface area contributed by atoms with E-state index in [1.807, 2.05) is 31.2 Å². The second-order valence-electron chi connectivity index (χ2n) is 5.82. The van der Waals surface area contributed by atoms with Crippen LogP contribution in [-0.2, 0) is 6.18 Å². The Balaban J connectivity index is 1.66. The quantitative estimate of drug-likeness (QED) is 0.583. The molecule has 0 fully saturated rings. The molecule has 0 amide bonds. The number of nitrogens with zero attached hydrogens (tertiary/aromatic N) is 5. The van der Waals surface area contributed by atoms with Gasteiger partial charge in [-0.15, -0.1) is 5.10 Å². The molecule has 27 heavy (non-hydrogen) atoms. The fourth-order valence-electron chi connectivity index (χ4n) is 2.74. The van der Waals surface area contributed by atoms with E-state index in [1.165, 1.54) is 18.3 Å². The van der Waals surface area contributed by atoms with E-state index >= 15 is 0 Å². The maximum absolute atomic E-state index is 12.7. The third-order valence-corrected chi connectivity index (χ3v) is 3.96. The number of alkyl halides is 3. The molecule has 0 unspecified atom stereocenters. The molecule has 2 heterocycles. The first kappa shape index (κ1) is 17.0. The largest absolute Gasteiger partial charge is 0.416 e. The zero-order valence-electron chi connectivity index (χ0n) is 14.1. The van der Waals surface area contributed by atoms with E-state index in [1.54, 1.807) is 4.57 Å². The van der Waals surface area contributed by atoms with Crippen LogP contribution in [-0.4, -0.2) is 24.7 Å². The lowest BCUT2D eigenvalue weighted by Crippen LogP contribution is -2.07. The van der Waals surface area contributed by atoms with Crippen LogP contribution in [0.15, 0.2) is 54.7 Å². The average molecular weight is 370 g/mol. The predicted octanol–water partition coefficient (Wildman–Crippen LogP) is 4.28. The lowest BCUT2D eigenvalue weighted by Gasteiger charge is -2.10. The van der Waals surface area contributed by atoms with Gasteiger partial charge in [0.1, 0.15) is 5.82 Å². The first-order chi connectivity index (χ1) is 12.9. The van der Waals surface area contributed by atoms with Crippen LogP contribution >= 0.6 is 0 Å². The molecule has 2 aromatic heterocycles. The van der Waals surface area contributed by atoms with Gasteiger partial charge >= 0.3 is 6.18 Å². The second-order valence-corrected chi connectivity index (χ2v) is 5.82. The number of para-hydroxylation sites is 2.